The Kier molecular flexibility index (Phi) is 6.19. The van der Waals surface area contributed by atoms with Gasteiger partial charge in [-0.05, 0) is 57.7 Å². The fourth-order valence-electron chi connectivity index (χ4n) is 4.05. The highest BCUT2D eigenvalue weighted by atomic mass is 16.2. The van der Waals surface area contributed by atoms with E-state index in [1.165, 1.54) is 0 Å². The second-order valence-corrected chi connectivity index (χ2v) is 8.34. The molecular formula is C20H33N5O2. The summed E-state index contributed by atoms with van der Waals surface area (Å²) in [6.45, 7) is 9.19. The molecule has 2 fully saturated rings. The highest BCUT2D eigenvalue weighted by Gasteiger charge is 2.45. The minimum absolute atomic E-state index is 0.00364. The van der Waals surface area contributed by atoms with E-state index in [1.807, 2.05) is 28.8 Å². The zero-order valence-electron chi connectivity index (χ0n) is 16.8. The van der Waals surface area contributed by atoms with E-state index in [4.69, 9.17) is 0 Å². The quantitative estimate of drug-likeness (QED) is 0.814. The van der Waals surface area contributed by atoms with Gasteiger partial charge in [-0.1, -0.05) is 13.8 Å². The molecule has 3 heterocycles. The van der Waals surface area contributed by atoms with Crippen LogP contribution < -0.4 is 10.6 Å². The number of hydrogen-bond acceptors (Lipinski definition) is 4. The van der Waals surface area contributed by atoms with Crippen LogP contribution in [0.2, 0.25) is 0 Å². The molecule has 7 heteroatoms. The summed E-state index contributed by atoms with van der Waals surface area (Å²) in [5.41, 5.74) is -0.587. The normalized spacial score (nSPS) is 21.9. The molecule has 27 heavy (non-hydrogen) atoms. The lowest BCUT2D eigenvalue weighted by Gasteiger charge is -2.42. The van der Waals surface area contributed by atoms with Crippen LogP contribution in [0.5, 0.6) is 0 Å². The molecule has 2 aliphatic rings. The van der Waals surface area contributed by atoms with Gasteiger partial charge < -0.3 is 15.5 Å². The lowest BCUT2D eigenvalue weighted by atomic mass is 9.85. The Morgan fingerprint density at radius 3 is 2.41 bits per heavy atom. The van der Waals surface area contributed by atoms with Crippen LogP contribution in [0, 0.1) is 11.8 Å². The molecule has 2 amide bonds. The van der Waals surface area contributed by atoms with Crippen LogP contribution in [0.25, 0.3) is 0 Å². The molecule has 7 nitrogen and oxygen atoms in total. The van der Waals surface area contributed by atoms with E-state index >= 15 is 0 Å². The third-order valence-corrected chi connectivity index (χ3v) is 6.29. The minimum Gasteiger partial charge on any atom is -0.353 e. The van der Waals surface area contributed by atoms with E-state index in [1.54, 1.807) is 6.20 Å². The number of piperidine rings is 2. The maximum atomic E-state index is 13.5. The number of nitrogens with zero attached hydrogens (tertiary/aromatic N) is 3. The van der Waals surface area contributed by atoms with Crippen LogP contribution in [0.1, 0.15) is 46.5 Å². The fourth-order valence-corrected chi connectivity index (χ4v) is 4.05. The van der Waals surface area contributed by atoms with Crippen molar-refractivity contribution in [3.8, 4) is 0 Å². The lowest BCUT2D eigenvalue weighted by molar-refractivity contribution is -0.146. The van der Waals surface area contributed by atoms with Crippen molar-refractivity contribution in [3.05, 3.63) is 18.5 Å². The van der Waals surface area contributed by atoms with Crippen LogP contribution in [0.3, 0.4) is 0 Å². The maximum Gasteiger partial charge on any atom is 0.250 e. The molecule has 3 rings (SSSR count). The molecule has 0 radical (unpaired) electrons. The first-order valence-electron chi connectivity index (χ1n) is 10.2. The van der Waals surface area contributed by atoms with Gasteiger partial charge in [-0.25, -0.2) is 0 Å². The zero-order valence-corrected chi connectivity index (χ0v) is 16.8. The molecule has 1 aromatic heterocycles. The molecule has 0 aromatic carbocycles. The van der Waals surface area contributed by atoms with Crippen molar-refractivity contribution in [2.75, 3.05) is 26.2 Å². The van der Waals surface area contributed by atoms with E-state index in [0.717, 1.165) is 38.8 Å². The summed E-state index contributed by atoms with van der Waals surface area (Å²) in [6, 6.07) is 2.05. The van der Waals surface area contributed by atoms with Crippen molar-refractivity contribution in [1.82, 2.24) is 25.3 Å². The highest BCUT2D eigenvalue weighted by Crippen LogP contribution is 2.31. The van der Waals surface area contributed by atoms with Gasteiger partial charge in [0.1, 0.15) is 5.54 Å². The summed E-state index contributed by atoms with van der Waals surface area (Å²) in [7, 11) is 0. The molecule has 0 spiro atoms. The summed E-state index contributed by atoms with van der Waals surface area (Å²) in [5.74, 6) is 0.711. The average Bonchev–Trinajstić information content (AvgIpc) is 3.23. The molecule has 2 saturated heterocycles. The summed E-state index contributed by atoms with van der Waals surface area (Å²) in [4.78, 5) is 27.9. The molecule has 1 unspecified atom stereocenters. The third-order valence-electron chi connectivity index (χ3n) is 6.29. The van der Waals surface area contributed by atoms with E-state index in [9.17, 15) is 9.59 Å². The Morgan fingerprint density at radius 1 is 1.19 bits per heavy atom. The van der Waals surface area contributed by atoms with Gasteiger partial charge in [-0.3, -0.25) is 14.3 Å². The van der Waals surface area contributed by atoms with Crippen molar-refractivity contribution in [3.63, 3.8) is 0 Å². The second-order valence-electron chi connectivity index (χ2n) is 8.34. The van der Waals surface area contributed by atoms with Crippen molar-refractivity contribution >= 4 is 11.8 Å². The van der Waals surface area contributed by atoms with Gasteiger partial charge in [0.25, 0.3) is 5.91 Å². The van der Waals surface area contributed by atoms with E-state index in [0.29, 0.717) is 19.0 Å². The van der Waals surface area contributed by atoms with Gasteiger partial charge in [-0.15, -0.1) is 0 Å². The van der Waals surface area contributed by atoms with Gasteiger partial charge in [0.15, 0.2) is 0 Å². The Morgan fingerprint density at radius 2 is 1.85 bits per heavy atom. The van der Waals surface area contributed by atoms with Gasteiger partial charge in [0.05, 0.1) is 0 Å². The number of rotatable bonds is 5. The van der Waals surface area contributed by atoms with E-state index < -0.39 is 5.54 Å². The molecule has 0 bridgehead atoms. The number of likely N-dealkylation sites (tertiary alicyclic amines) is 1. The predicted molar refractivity (Wildman–Crippen MR) is 104 cm³/mol. The third kappa shape index (κ3) is 4.18. The standard InChI is InChI=1S/C20H33N5O2/c1-15(2)16(3)23-18(26)17-5-13-24(14-6-17)19(27)20(7-10-21-11-8-20)25-12-4-9-22-25/h4,9,12,15-17,21H,5-8,10-11,13-14H2,1-3H3,(H,23,26). The summed E-state index contributed by atoms with van der Waals surface area (Å²) < 4.78 is 1.85. The molecule has 2 N–H and O–H groups in total. The summed E-state index contributed by atoms with van der Waals surface area (Å²) in [6.07, 6.45) is 6.60. The summed E-state index contributed by atoms with van der Waals surface area (Å²) in [5, 5.41) is 10.9. The number of carbonyl (C=O) groups is 2. The first kappa shape index (κ1) is 19.9. The Labute approximate surface area is 161 Å². The van der Waals surface area contributed by atoms with Gasteiger partial charge in [0, 0.05) is 37.4 Å². The average molecular weight is 376 g/mol. The SMILES string of the molecule is CC(C)C(C)NC(=O)C1CCN(C(=O)C2(n3cccn3)CCNCC2)CC1. The largest absolute Gasteiger partial charge is 0.353 e. The smallest absolute Gasteiger partial charge is 0.250 e. The van der Waals surface area contributed by atoms with Crippen molar-refractivity contribution < 1.29 is 9.59 Å². The second kappa shape index (κ2) is 8.42. The van der Waals surface area contributed by atoms with Gasteiger partial charge in [-0.2, -0.15) is 5.10 Å². The van der Waals surface area contributed by atoms with Crippen molar-refractivity contribution in [2.24, 2.45) is 11.8 Å². The molecule has 0 aliphatic carbocycles. The Balaban J connectivity index is 1.63. The number of hydrogen-bond donors (Lipinski definition) is 2. The topological polar surface area (TPSA) is 79.3 Å². The van der Waals surface area contributed by atoms with Crippen LogP contribution in [0.4, 0.5) is 0 Å². The van der Waals surface area contributed by atoms with Gasteiger partial charge >= 0.3 is 0 Å². The van der Waals surface area contributed by atoms with E-state index in [2.05, 4.69) is 29.6 Å². The molecular weight excluding hydrogens is 342 g/mol. The lowest BCUT2D eigenvalue weighted by Crippen LogP contribution is -2.57. The zero-order chi connectivity index (χ0) is 19.4. The van der Waals surface area contributed by atoms with Crippen LogP contribution >= 0.6 is 0 Å². The number of amides is 2. The number of nitrogens with one attached hydrogen (secondary N) is 2. The van der Waals surface area contributed by atoms with Crippen LogP contribution in [-0.4, -0.2) is 58.7 Å². The predicted octanol–water partition coefficient (Wildman–Crippen LogP) is 1.36. The Hall–Kier alpha value is -1.89. The highest BCUT2D eigenvalue weighted by molar-refractivity contribution is 5.85. The van der Waals surface area contributed by atoms with E-state index in [-0.39, 0.29) is 23.8 Å². The molecule has 0 saturated carbocycles. The summed E-state index contributed by atoms with van der Waals surface area (Å²) >= 11 is 0. The van der Waals surface area contributed by atoms with Crippen LogP contribution in [-0.2, 0) is 15.1 Å². The molecule has 150 valence electrons. The monoisotopic (exact) mass is 375 g/mol. The van der Waals surface area contributed by atoms with Crippen molar-refractivity contribution in [1.29, 1.82) is 0 Å². The van der Waals surface area contributed by atoms with Crippen LogP contribution in [0.15, 0.2) is 18.5 Å². The Bertz CT molecular complexity index is 629. The van der Waals surface area contributed by atoms with Crippen molar-refractivity contribution in [2.45, 2.75) is 58.0 Å². The first-order valence-corrected chi connectivity index (χ1v) is 10.2. The fraction of sp³-hybridized carbons (Fsp3) is 0.750. The first-order chi connectivity index (χ1) is 12.9. The number of aromatic nitrogens is 2. The number of carbonyl (C=O) groups excluding carboxylic acids is 2. The minimum atomic E-state index is -0.587. The van der Waals surface area contributed by atoms with Gasteiger partial charge in [0.2, 0.25) is 5.91 Å². The molecule has 1 aromatic rings. The maximum absolute atomic E-state index is 13.5. The molecule has 1 atom stereocenters. The molecule has 2 aliphatic heterocycles.